The van der Waals surface area contributed by atoms with E-state index in [9.17, 15) is 9.18 Å². The van der Waals surface area contributed by atoms with E-state index in [0.717, 1.165) is 69.6 Å². The number of halogens is 4. The van der Waals surface area contributed by atoms with Gasteiger partial charge in [-0.05, 0) is 88.7 Å². The number of fused-ring (bicyclic) bond motifs is 7. The zero-order chi connectivity index (χ0) is 44.8. The van der Waals surface area contributed by atoms with Gasteiger partial charge in [0, 0.05) is 68.5 Å². The maximum Gasteiger partial charge on any atom is 0.413 e. The molecule has 4 fully saturated rings. The Morgan fingerprint density at radius 1 is 0.984 bits per heavy atom. The number of nitrogens with zero attached hydrogens (tertiary/aromatic N) is 6. The van der Waals surface area contributed by atoms with Crippen LogP contribution in [0.4, 0.5) is 33.3 Å². The first kappa shape index (κ1) is 44.5. The smallest absolute Gasteiger partial charge is 0.413 e. The summed E-state index contributed by atoms with van der Waals surface area (Å²) in [5, 5.41) is 3.09. The SMILES string of the molecule is CC(C)(C)OC(=O)Nc1nc2c(-c3c4c(c5c(N6C7CCC6CN(CCCO[Si](C)(C)C(C)(C)C)C7)nc(OC[C@@]67CCCN6C[C@H](F)C7)nc5c3F)COC4)c(F)cc(F)c2s1. The Bertz CT molecular complexity index is 2430. The number of benzene rings is 2. The number of amides is 1. The Balaban J connectivity index is 1.11. The molecule has 2 aromatic heterocycles. The van der Waals surface area contributed by atoms with Gasteiger partial charge in [0.1, 0.15) is 41.3 Å². The van der Waals surface area contributed by atoms with Crippen LogP contribution in [0, 0.1) is 17.5 Å². The van der Waals surface area contributed by atoms with Gasteiger partial charge in [0.05, 0.1) is 34.4 Å². The summed E-state index contributed by atoms with van der Waals surface area (Å²) < 4.78 is 88.9. The Hall–Kier alpha value is -3.68. The molecule has 5 aliphatic heterocycles. The number of anilines is 2. The molecule has 7 heterocycles. The summed E-state index contributed by atoms with van der Waals surface area (Å²) in [4.78, 5) is 33.9. The highest BCUT2D eigenvalue weighted by Crippen LogP contribution is 2.49. The van der Waals surface area contributed by atoms with Gasteiger partial charge < -0.3 is 23.5 Å². The Morgan fingerprint density at radius 2 is 1.71 bits per heavy atom. The zero-order valence-electron chi connectivity index (χ0n) is 37.6. The van der Waals surface area contributed by atoms with Gasteiger partial charge in [-0.3, -0.25) is 15.1 Å². The minimum atomic E-state index is -1.87. The van der Waals surface area contributed by atoms with E-state index in [2.05, 4.69) is 58.9 Å². The lowest BCUT2D eigenvalue weighted by Gasteiger charge is -2.42. The van der Waals surface area contributed by atoms with Gasteiger partial charge in [0.15, 0.2) is 19.3 Å². The Kier molecular flexibility index (Phi) is 11.5. The fourth-order valence-electron chi connectivity index (χ4n) is 10.2. The highest BCUT2D eigenvalue weighted by molar-refractivity contribution is 7.22. The molecule has 5 aliphatic rings. The van der Waals surface area contributed by atoms with Crippen molar-refractivity contribution in [1.82, 2.24) is 24.8 Å². The van der Waals surface area contributed by atoms with Crippen molar-refractivity contribution in [3.05, 3.63) is 34.6 Å². The van der Waals surface area contributed by atoms with E-state index >= 15 is 13.2 Å². The number of hydrogen-bond donors (Lipinski definition) is 1. The van der Waals surface area contributed by atoms with Gasteiger partial charge in [-0.25, -0.2) is 27.3 Å². The van der Waals surface area contributed by atoms with Crippen LogP contribution in [0.15, 0.2) is 6.07 Å². The number of alkyl halides is 1. The molecule has 0 spiro atoms. The van der Waals surface area contributed by atoms with Crippen molar-refractivity contribution in [1.29, 1.82) is 0 Å². The number of rotatable bonds is 11. The molecule has 4 saturated heterocycles. The van der Waals surface area contributed by atoms with Gasteiger partial charge in [0.25, 0.3) is 0 Å². The van der Waals surface area contributed by atoms with Crippen LogP contribution >= 0.6 is 11.3 Å². The molecule has 4 atom stereocenters. The molecule has 18 heteroatoms. The third-order valence-electron chi connectivity index (χ3n) is 14.1. The molecule has 342 valence electrons. The van der Waals surface area contributed by atoms with Crippen molar-refractivity contribution in [3.63, 3.8) is 0 Å². The van der Waals surface area contributed by atoms with Crippen molar-refractivity contribution >= 4 is 57.8 Å². The molecular weight excluding hydrogens is 855 g/mol. The van der Waals surface area contributed by atoms with Crippen molar-refractivity contribution in [2.75, 3.05) is 56.2 Å². The van der Waals surface area contributed by atoms with Gasteiger partial charge in [-0.2, -0.15) is 9.97 Å². The molecule has 9 rings (SSSR count). The number of nitrogens with one attached hydrogen (secondary N) is 1. The van der Waals surface area contributed by atoms with Crippen LogP contribution in [-0.2, 0) is 27.1 Å². The van der Waals surface area contributed by atoms with E-state index in [-0.39, 0.29) is 74.9 Å². The second-order valence-corrected chi connectivity index (χ2v) is 26.4. The van der Waals surface area contributed by atoms with Crippen LogP contribution in [0.2, 0.25) is 18.1 Å². The number of piperazine rings is 1. The Labute approximate surface area is 371 Å². The number of aromatic nitrogens is 3. The monoisotopic (exact) mass is 913 g/mol. The van der Waals surface area contributed by atoms with E-state index in [0.29, 0.717) is 48.0 Å². The lowest BCUT2D eigenvalue weighted by molar-refractivity contribution is 0.0636. The largest absolute Gasteiger partial charge is 0.461 e. The molecule has 0 radical (unpaired) electrons. The fourth-order valence-corrected chi connectivity index (χ4v) is 12.2. The highest BCUT2D eigenvalue weighted by Gasteiger charge is 2.50. The summed E-state index contributed by atoms with van der Waals surface area (Å²) >= 11 is 0.793. The summed E-state index contributed by atoms with van der Waals surface area (Å²) in [6, 6.07) is 0.810. The van der Waals surface area contributed by atoms with Crippen LogP contribution in [0.5, 0.6) is 6.01 Å². The summed E-state index contributed by atoms with van der Waals surface area (Å²) in [5.41, 5.74) is -0.970. The average Bonchev–Trinajstić information content (AvgIpc) is 4.01. The van der Waals surface area contributed by atoms with E-state index < -0.39 is 49.2 Å². The average molecular weight is 914 g/mol. The topological polar surface area (TPSA) is 114 Å². The van der Waals surface area contributed by atoms with Crippen molar-refractivity contribution in [2.24, 2.45) is 0 Å². The van der Waals surface area contributed by atoms with Crippen LogP contribution in [0.1, 0.15) is 91.2 Å². The van der Waals surface area contributed by atoms with E-state index in [1.807, 2.05) is 0 Å². The van der Waals surface area contributed by atoms with Gasteiger partial charge in [0.2, 0.25) is 0 Å². The zero-order valence-corrected chi connectivity index (χ0v) is 39.4. The van der Waals surface area contributed by atoms with Crippen molar-refractivity contribution in [2.45, 2.75) is 141 Å². The first-order valence-corrected chi connectivity index (χ1v) is 26.0. The molecule has 12 nitrogen and oxygen atoms in total. The molecule has 2 bridgehead atoms. The maximum atomic E-state index is 17.9. The van der Waals surface area contributed by atoms with Gasteiger partial charge in [-0.15, -0.1) is 0 Å². The summed E-state index contributed by atoms with van der Waals surface area (Å²) in [6.45, 7) is 20.9. The fraction of sp³-hybridized carbons (Fsp3) is 0.644. The molecule has 63 heavy (non-hydrogen) atoms. The molecular formula is C45H59F4N7O5SSi. The second kappa shape index (κ2) is 16.3. The summed E-state index contributed by atoms with van der Waals surface area (Å²) in [7, 11) is -1.87. The maximum absolute atomic E-state index is 17.9. The first-order valence-electron chi connectivity index (χ1n) is 22.3. The van der Waals surface area contributed by atoms with Gasteiger partial charge >= 0.3 is 12.1 Å². The normalized spacial score (nSPS) is 24.2. The van der Waals surface area contributed by atoms with Crippen LogP contribution in [0.25, 0.3) is 32.2 Å². The molecule has 4 aromatic rings. The van der Waals surface area contributed by atoms with Crippen LogP contribution in [0.3, 0.4) is 0 Å². The number of hydrogen-bond acceptors (Lipinski definition) is 12. The number of likely N-dealkylation sites (tertiary alicyclic amines) is 1. The van der Waals surface area contributed by atoms with Crippen molar-refractivity contribution in [3.8, 4) is 17.1 Å². The number of carbonyl (C=O) groups is 1. The van der Waals surface area contributed by atoms with Gasteiger partial charge in [-0.1, -0.05) is 32.1 Å². The molecule has 2 aromatic carbocycles. The number of thiazole rings is 1. The third kappa shape index (κ3) is 8.30. The molecule has 1 amide bonds. The summed E-state index contributed by atoms with van der Waals surface area (Å²) in [6.07, 6.45) is 2.98. The Morgan fingerprint density at radius 3 is 2.43 bits per heavy atom. The number of ether oxygens (including phenoxy) is 3. The second-order valence-electron chi connectivity index (χ2n) is 20.6. The molecule has 1 N–H and O–H groups in total. The summed E-state index contributed by atoms with van der Waals surface area (Å²) in [5.74, 6) is -2.25. The minimum absolute atomic E-state index is 0.0407. The van der Waals surface area contributed by atoms with Crippen LogP contribution < -0.4 is 15.0 Å². The van der Waals surface area contributed by atoms with E-state index in [4.69, 9.17) is 28.6 Å². The highest BCUT2D eigenvalue weighted by atomic mass is 32.1. The van der Waals surface area contributed by atoms with E-state index in [1.54, 1.807) is 20.8 Å². The minimum Gasteiger partial charge on any atom is -0.461 e. The molecule has 0 saturated carbocycles. The molecule has 0 aliphatic carbocycles. The quantitative estimate of drug-likeness (QED) is 0.0882. The predicted molar refractivity (Wildman–Crippen MR) is 238 cm³/mol. The van der Waals surface area contributed by atoms with Crippen molar-refractivity contribution < 1.29 is 41.0 Å². The molecule has 2 unspecified atom stereocenters. The predicted octanol–water partition coefficient (Wildman–Crippen LogP) is 9.72. The lowest BCUT2D eigenvalue weighted by atomic mass is 9.91. The standard InChI is InChI=1S/C45H59F4N7O5SSi/c1-43(2,3)61-42(57)53-41-51-37-34(30(47)17-31(48)38(37)62-41)32-28-22-58-23-29(28)33-36(35(32)49)50-40(59-24-45-13-9-15-55(45)19-25(46)18-45)52-39(33)56-26-11-12-27(56)21-54(20-26)14-10-16-60-63(7,8)44(4,5)6/h17,25-27H,9-16,18-24H2,1-8H3,(H,51,53,57)/t25-,26?,27?,45+/m1/s1. The van der Waals surface area contributed by atoms with Crippen LogP contribution in [-0.4, -0.2) is 114 Å². The first-order chi connectivity index (χ1) is 29.7. The number of carbonyl (C=O) groups excluding carboxylic acids is 1. The lowest BCUT2D eigenvalue weighted by Crippen LogP contribution is -2.54. The van der Waals surface area contributed by atoms with E-state index in [1.165, 1.54) is 0 Å². The third-order valence-corrected chi connectivity index (χ3v) is 19.6.